The molecule has 15 heavy (non-hydrogen) atoms. The highest BCUT2D eigenvalue weighted by Gasteiger charge is 2.25. The Balaban J connectivity index is 2.24. The molecule has 0 bridgehead atoms. The molecule has 0 saturated carbocycles. The minimum atomic E-state index is 0.567. The fourth-order valence-corrected chi connectivity index (χ4v) is 2.23. The summed E-state index contributed by atoms with van der Waals surface area (Å²) in [6, 6.07) is 6.87. The zero-order valence-electron chi connectivity index (χ0n) is 9.58. The van der Waals surface area contributed by atoms with E-state index in [1.165, 1.54) is 11.3 Å². The molecule has 1 unspecified atom stereocenters. The highest BCUT2D eigenvalue weighted by Crippen LogP contribution is 2.33. The maximum absolute atomic E-state index is 5.24. The highest BCUT2D eigenvalue weighted by molar-refractivity contribution is 5.61. The molecule has 1 heterocycles. The lowest BCUT2D eigenvalue weighted by Crippen LogP contribution is -2.36. The number of hydrogen-bond donors (Lipinski definition) is 1. The van der Waals surface area contributed by atoms with E-state index in [1.807, 2.05) is 13.1 Å². The SMILES string of the molecule is CNCC1Cc2cc(OC)ccc2N1C. The molecule has 1 aromatic rings. The first kappa shape index (κ1) is 10.3. The molecule has 1 aliphatic heterocycles. The molecule has 0 radical (unpaired) electrons. The predicted molar refractivity (Wildman–Crippen MR) is 62.8 cm³/mol. The molecule has 0 fully saturated rings. The van der Waals surface area contributed by atoms with Gasteiger partial charge in [-0.25, -0.2) is 0 Å². The van der Waals surface area contributed by atoms with Crippen LogP contribution in [0.15, 0.2) is 18.2 Å². The van der Waals surface area contributed by atoms with Crippen LogP contribution in [0.3, 0.4) is 0 Å². The highest BCUT2D eigenvalue weighted by atomic mass is 16.5. The van der Waals surface area contributed by atoms with Gasteiger partial charge in [0.2, 0.25) is 0 Å². The molecule has 2 rings (SSSR count). The molecule has 1 aromatic carbocycles. The van der Waals surface area contributed by atoms with E-state index < -0.39 is 0 Å². The summed E-state index contributed by atoms with van der Waals surface area (Å²) in [5.74, 6) is 0.951. The zero-order valence-corrected chi connectivity index (χ0v) is 9.58. The third-order valence-corrected chi connectivity index (χ3v) is 3.11. The monoisotopic (exact) mass is 206 g/mol. The van der Waals surface area contributed by atoms with Gasteiger partial charge in [0.05, 0.1) is 7.11 Å². The minimum absolute atomic E-state index is 0.567. The van der Waals surface area contributed by atoms with Crippen LogP contribution < -0.4 is 15.0 Å². The van der Waals surface area contributed by atoms with Gasteiger partial charge in [0.1, 0.15) is 5.75 Å². The summed E-state index contributed by atoms with van der Waals surface area (Å²) in [5, 5.41) is 3.23. The molecular formula is C12H18N2O. The Bertz CT molecular complexity index is 351. The summed E-state index contributed by atoms with van der Waals surface area (Å²) in [6.07, 6.45) is 1.10. The molecule has 1 atom stereocenters. The molecule has 0 aromatic heterocycles. The van der Waals surface area contributed by atoms with Crippen molar-refractivity contribution >= 4 is 5.69 Å². The van der Waals surface area contributed by atoms with Crippen LogP contribution in [0.2, 0.25) is 0 Å². The van der Waals surface area contributed by atoms with E-state index in [0.717, 1.165) is 18.7 Å². The molecular weight excluding hydrogens is 188 g/mol. The summed E-state index contributed by atoms with van der Waals surface area (Å²) in [7, 11) is 5.86. The fraction of sp³-hybridized carbons (Fsp3) is 0.500. The van der Waals surface area contributed by atoms with Crippen molar-refractivity contribution in [1.29, 1.82) is 0 Å². The van der Waals surface area contributed by atoms with Gasteiger partial charge in [0, 0.05) is 25.3 Å². The van der Waals surface area contributed by atoms with Crippen LogP contribution in [0.4, 0.5) is 5.69 Å². The molecule has 3 nitrogen and oxygen atoms in total. The first-order chi connectivity index (χ1) is 7.26. The summed E-state index contributed by atoms with van der Waals surface area (Å²) in [6.45, 7) is 1.02. The number of rotatable bonds is 3. The molecule has 0 amide bonds. The van der Waals surface area contributed by atoms with E-state index in [4.69, 9.17) is 4.74 Å². The van der Waals surface area contributed by atoms with Crippen molar-refractivity contribution in [2.75, 3.05) is 32.6 Å². The molecule has 1 N–H and O–H groups in total. The number of hydrogen-bond acceptors (Lipinski definition) is 3. The van der Waals surface area contributed by atoms with Crippen LogP contribution in [0, 0.1) is 0 Å². The number of nitrogens with zero attached hydrogens (tertiary/aromatic N) is 1. The van der Waals surface area contributed by atoms with Gasteiger partial charge in [0.25, 0.3) is 0 Å². The zero-order chi connectivity index (χ0) is 10.8. The van der Waals surface area contributed by atoms with Gasteiger partial charge in [-0.15, -0.1) is 0 Å². The van der Waals surface area contributed by atoms with E-state index in [0.29, 0.717) is 6.04 Å². The smallest absolute Gasteiger partial charge is 0.119 e. The Kier molecular flexibility index (Phi) is 2.82. The van der Waals surface area contributed by atoms with Gasteiger partial charge >= 0.3 is 0 Å². The Morgan fingerprint density at radius 1 is 1.53 bits per heavy atom. The normalized spacial score (nSPS) is 19.1. The molecule has 0 saturated heterocycles. The van der Waals surface area contributed by atoms with Crippen LogP contribution in [-0.2, 0) is 6.42 Å². The molecule has 3 heteroatoms. The average molecular weight is 206 g/mol. The summed E-state index contributed by atoms with van der Waals surface area (Å²) in [4.78, 5) is 2.34. The minimum Gasteiger partial charge on any atom is -0.497 e. The first-order valence-corrected chi connectivity index (χ1v) is 5.30. The molecule has 82 valence electrons. The topological polar surface area (TPSA) is 24.5 Å². The molecule has 1 aliphatic rings. The van der Waals surface area contributed by atoms with Crippen LogP contribution in [0.5, 0.6) is 5.75 Å². The lowest BCUT2D eigenvalue weighted by molar-refractivity contribution is 0.414. The summed E-state index contributed by atoms with van der Waals surface area (Å²) >= 11 is 0. The number of benzene rings is 1. The third kappa shape index (κ3) is 1.79. The third-order valence-electron chi connectivity index (χ3n) is 3.11. The van der Waals surface area contributed by atoms with Crippen molar-refractivity contribution in [2.24, 2.45) is 0 Å². The number of likely N-dealkylation sites (N-methyl/N-ethyl adjacent to an activating group) is 2. The van der Waals surface area contributed by atoms with Crippen molar-refractivity contribution in [2.45, 2.75) is 12.5 Å². The standard InChI is InChI=1S/C12H18N2O/c1-13-8-10-6-9-7-11(15-3)4-5-12(9)14(10)2/h4-5,7,10,13H,6,8H2,1-3H3. The van der Waals surface area contributed by atoms with Gasteiger partial charge in [-0.3, -0.25) is 0 Å². The van der Waals surface area contributed by atoms with Crippen molar-refractivity contribution in [1.82, 2.24) is 5.32 Å². The lowest BCUT2D eigenvalue weighted by atomic mass is 10.1. The van der Waals surface area contributed by atoms with E-state index in [9.17, 15) is 0 Å². The van der Waals surface area contributed by atoms with E-state index in [1.54, 1.807) is 7.11 Å². The first-order valence-electron chi connectivity index (χ1n) is 5.30. The van der Waals surface area contributed by atoms with Gasteiger partial charge in [-0.1, -0.05) is 0 Å². The maximum atomic E-state index is 5.24. The Morgan fingerprint density at radius 3 is 3.00 bits per heavy atom. The van der Waals surface area contributed by atoms with Crippen LogP contribution in [-0.4, -0.2) is 33.8 Å². The Hall–Kier alpha value is -1.22. The summed E-state index contributed by atoms with van der Waals surface area (Å²) in [5.41, 5.74) is 2.72. The number of nitrogens with one attached hydrogen (secondary N) is 1. The second kappa shape index (κ2) is 4.11. The average Bonchev–Trinajstić information content (AvgIpc) is 2.56. The van der Waals surface area contributed by atoms with Crippen molar-refractivity contribution < 1.29 is 4.74 Å². The summed E-state index contributed by atoms with van der Waals surface area (Å²) < 4.78 is 5.24. The molecule has 0 spiro atoms. The van der Waals surface area contributed by atoms with Crippen LogP contribution in [0.25, 0.3) is 0 Å². The quantitative estimate of drug-likeness (QED) is 0.806. The van der Waals surface area contributed by atoms with Gasteiger partial charge in [-0.05, 0) is 37.2 Å². The second-order valence-corrected chi connectivity index (χ2v) is 4.02. The van der Waals surface area contributed by atoms with Crippen molar-refractivity contribution in [3.8, 4) is 5.75 Å². The maximum Gasteiger partial charge on any atom is 0.119 e. The lowest BCUT2D eigenvalue weighted by Gasteiger charge is -2.22. The number of ether oxygens (including phenoxy) is 1. The van der Waals surface area contributed by atoms with Gasteiger partial charge < -0.3 is 15.0 Å². The molecule has 0 aliphatic carbocycles. The van der Waals surface area contributed by atoms with E-state index in [2.05, 4.69) is 29.4 Å². The van der Waals surface area contributed by atoms with Crippen LogP contribution in [0.1, 0.15) is 5.56 Å². The van der Waals surface area contributed by atoms with Gasteiger partial charge in [-0.2, -0.15) is 0 Å². The van der Waals surface area contributed by atoms with Crippen molar-refractivity contribution in [3.05, 3.63) is 23.8 Å². The predicted octanol–water partition coefficient (Wildman–Crippen LogP) is 1.28. The van der Waals surface area contributed by atoms with Gasteiger partial charge in [0.15, 0.2) is 0 Å². The number of methoxy groups -OCH3 is 1. The van der Waals surface area contributed by atoms with E-state index in [-0.39, 0.29) is 0 Å². The fourth-order valence-electron chi connectivity index (χ4n) is 2.23. The number of anilines is 1. The number of fused-ring (bicyclic) bond motifs is 1. The van der Waals surface area contributed by atoms with E-state index >= 15 is 0 Å². The second-order valence-electron chi connectivity index (χ2n) is 4.02. The largest absolute Gasteiger partial charge is 0.497 e. The van der Waals surface area contributed by atoms with Crippen molar-refractivity contribution in [3.63, 3.8) is 0 Å². The Labute approximate surface area is 91.0 Å². The Morgan fingerprint density at radius 2 is 2.33 bits per heavy atom. The van der Waals surface area contributed by atoms with Crippen LogP contribution >= 0.6 is 0 Å².